The molecule has 0 N–H and O–H groups in total. The van der Waals surface area contributed by atoms with Crippen LogP contribution in [-0.2, 0) is 9.53 Å². The van der Waals surface area contributed by atoms with Gasteiger partial charge in [-0.3, -0.25) is 9.59 Å². The van der Waals surface area contributed by atoms with Crippen molar-refractivity contribution in [2.24, 2.45) is 0 Å². The van der Waals surface area contributed by atoms with Gasteiger partial charge in [-0.2, -0.15) is 0 Å². The van der Waals surface area contributed by atoms with E-state index in [4.69, 9.17) is 16.3 Å². The van der Waals surface area contributed by atoms with Crippen molar-refractivity contribution in [1.29, 1.82) is 0 Å². The van der Waals surface area contributed by atoms with Crippen LogP contribution in [0.25, 0.3) is 0 Å². The van der Waals surface area contributed by atoms with E-state index in [0.717, 1.165) is 12.8 Å². The van der Waals surface area contributed by atoms with Crippen LogP contribution >= 0.6 is 11.6 Å². The molecule has 0 fully saturated rings. The Morgan fingerprint density at radius 1 is 1.04 bits per heavy atom. The van der Waals surface area contributed by atoms with Gasteiger partial charge in [0.25, 0.3) is 5.91 Å². The number of halogens is 1. The number of amides is 1. The average Bonchev–Trinajstić information content (AvgIpc) is 2.54. The van der Waals surface area contributed by atoms with E-state index >= 15 is 0 Å². The number of esters is 1. The van der Waals surface area contributed by atoms with E-state index in [-0.39, 0.29) is 18.4 Å². The Balaban J connectivity index is 2.22. The Labute approximate surface area is 143 Å². The van der Waals surface area contributed by atoms with Gasteiger partial charge in [0, 0.05) is 17.6 Å². The Morgan fingerprint density at radius 3 is 2.30 bits per heavy atom. The highest BCUT2D eigenvalue weighted by Crippen LogP contribution is 2.11. The maximum atomic E-state index is 12.1. The summed E-state index contributed by atoms with van der Waals surface area (Å²) in [7, 11) is 1.59. The van der Waals surface area contributed by atoms with Crippen LogP contribution in [0, 0.1) is 0 Å². The lowest BCUT2D eigenvalue weighted by molar-refractivity contribution is -0.144. The number of rotatable bonds is 10. The van der Waals surface area contributed by atoms with Gasteiger partial charge in [0.05, 0.1) is 6.61 Å². The standard InChI is InChI=1S/C18H26ClNO3/c1-3-4-5-6-7-8-13-23-17(21)14-20(2)18(22)15-9-11-16(19)12-10-15/h9-12H,3-8,13-14H2,1-2H3. The molecule has 1 rings (SSSR count). The number of carbonyl (C=O) groups excluding carboxylic acids is 2. The van der Waals surface area contributed by atoms with E-state index in [2.05, 4.69) is 6.92 Å². The topological polar surface area (TPSA) is 46.6 Å². The number of nitrogens with zero attached hydrogens (tertiary/aromatic N) is 1. The maximum absolute atomic E-state index is 12.1. The molecular formula is C18H26ClNO3. The van der Waals surface area contributed by atoms with E-state index in [9.17, 15) is 9.59 Å². The number of ether oxygens (including phenoxy) is 1. The smallest absolute Gasteiger partial charge is 0.325 e. The summed E-state index contributed by atoms with van der Waals surface area (Å²) in [4.78, 5) is 25.2. The summed E-state index contributed by atoms with van der Waals surface area (Å²) in [5.74, 6) is -0.596. The highest BCUT2D eigenvalue weighted by atomic mass is 35.5. The lowest BCUT2D eigenvalue weighted by atomic mass is 10.1. The molecule has 1 amide bonds. The van der Waals surface area contributed by atoms with Crippen molar-refractivity contribution in [3.05, 3.63) is 34.9 Å². The van der Waals surface area contributed by atoms with Gasteiger partial charge in [0.1, 0.15) is 6.54 Å². The van der Waals surface area contributed by atoms with Gasteiger partial charge in [0.15, 0.2) is 0 Å². The Bertz CT molecular complexity index is 488. The van der Waals surface area contributed by atoms with Crippen LogP contribution < -0.4 is 0 Å². The van der Waals surface area contributed by atoms with Gasteiger partial charge in [-0.15, -0.1) is 0 Å². The van der Waals surface area contributed by atoms with Crippen LogP contribution in [0.3, 0.4) is 0 Å². The van der Waals surface area contributed by atoms with Crippen LogP contribution in [0.1, 0.15) is 55.8 Å². The van der Waals surface area contributed by atoms with Crippen molar-refractivity contribution in [3.63, 3.8) is 0 Å². The molecule has 0 saturated carbocycles. The summed E-state index contributed by atoms with van der Waals surface area (Å²) in [5.41, 5.74) is 0.501. The van der Waals surface area contributed by atoms with E-state index in [1.807, 2.05) is 0 Å². The molecule has 0 aliphatic carbocycles. The molecule has 0 aliphatic rings. The summed E-state index contributed by atoms with van der Waals surface area (Å²) in [6.45, 7) is 2.56. The third-order valence-electron chi connectivity index (χ3n) is 3.57. The van der Waals surface area contributed by atoms with Crippen molar-refractivity contribution in [1.82, 2.24) is 4.90 Å². The van der Waals surface area contributed by atoms with Crippen molar-refractivity contribution < 1.29 is 14.3 Å². The van der Waals surface area contributed by atoms with E-state index in [1.165, 1.54) is 30.6 Å². The quantitative estimate of drug-likeness (QED) is 0.471. The first kappa shape index (κ1) is 19.5. The molecule has 0 bridgehead atoms. The zero-order valence-electron chi connectivity index (χ0n) is 14.0. The number of hydrogen-bond acceptors (Lipinski definition) is 3. The molecule has 0 atom stereocenters. The Hall–Kier alpha value is -1.55. The van der Waals surface area contributed by atoms with Crippen LogP contribution in [0.2, 0.25) is 5.02 Å². The van der Waals surface area contributed by atoms with E-state index in [1.54, 1.807) is 31.3 Å². The first-order chi connectivity index (χ1) is 11.0. The average molecular weight is 340 g/mol. The van der Waals surface area contributed by atoms with Crippen molar-refractivity contribution in [2.75, 3.05) is 20.2 Å². The van der Waals surface area contributed by atoms with Crippen LogP contribution in [0.5, 0.6) is 0 Å². The normalized spacial score (nSPS) is 10.4. The third kappa shape index (κ3) is 8.03. The number of unbranched alkanes of at least 4 members (excludes halogenated alkanes) is 5. The van der Waals surface area contributed by atoms with Gasteiger partial charge in [0.2, 0.25) is 0 Å². The molecule has 0 saturated heterocycles. The first-order valence-corrected chi connectivity index (χ1v) is 8.59. The van der Waals surface area contributed by atoms with E-state index in [0.29, 0.717) is 17.2 Å². The molecule has 0 aliphatic heterocycles. The summed E-state index contributed by atoms with van der Waals surface area (Å²) >= 11 is 5.79. The highest BCUT2D eigenvalue weighted by molar-refractivity contribution is 6.30. The fourth-order valence-corrected chi connectivity index (χ4v) is 2.32. The Morgan fingerprint density at radius 2 is 1.65 bits per heavy atom. The zero-order chi connectivity index (χ0) is 17.1. The first-order valence-electron chi connectivity index (χ1n) is 8.21. The minimum atomic E-state index is -0.372. The predicted molar refractivity (Wildman–Crippen MR) is 92.7 cm³/mol. The van der Waals surface area contributed by atoms with Gasteiger partial charge in [-0.1, -0.05) is 50.6 Å². The summed E-state index contributed by atoms with van der Waals surface area (Å²) in [6.07, 6.45) is 6.86. The third-order valence-corrected chi connectivity index (χ3v) is 3.82. The molecule has 1 aromatic rings. The second-order valence-electron chi connectivity index (χ2n) is 5.66. The minimum absolute atomic E-state index is 0.0444. The molecule has 0 heterocycles. The van der Waals surface area contributed by atoms with Crippen molar-refractivity contribution >= 4 is 23.5 Å². The minimum Gasteiger partial charge on any atom is -0.464 e. The number of likely N-dealkylation sites (N-methyl/N-ethyl adjacent to an activating group) is 1. The van der Waals surface area contributed by atoms with E-state index < -0.39 is 0 Å². The largest absolute Gasteiger partial charge is 0.464 e. The molecular weight excluding hydrogens is 314 g/mol. The molecule has 4 nitrogen and oxygen atoms in total. The second kappa shape index (κ2) is 11.1. The molecule has 1 aromatic carbocycles. The molecule has 5 heteroatoms. The lowest BCUT2D eigenvalue weighted by Crippen LogP contribution is -2.33. The van der Waals surface area contributed by atoms with Crippen LogP contribution in [0.4, 0.5) is 0 Å². The summed E-state index contributed by atoms with van der Waals surface area (Å²) in [6, 6.07) is 6.59. The fourth-order valence-electron chi connectivity index (χ4n) is 2.19. The number of hydrogen-bond donors (Lipinski definition) is 0. The lowest BCUT2D eigenvalue weighted by Gasteiger charge is -2.16. The van der Waals surface area contributed by atoms with Crippen LogP contribution in [0.15, 0.2) is 24.3 Å². The second-order valence-corrected chi connectivity index (χ2v) is 6.09. The number of carbonyl (C=O) groups is 2. The molecule has 128 valence electrons. The van der Waals surface area contributed by atoms with Gasteiger partial charge >= 0.3 is 5.97 Å². The van der Waals surface area contributed by atoms with Crippen molar-refractivity contribution in [2.45, 2.75) is 45.4 Å². The zero-order valence-corrected chi connectivity index (χ0v) is 14.8. The SMILES string of the molecule is CCCCCCCCOC(=O)CN(C)C(=O)c1ccc(Cl)cc1. The fraction of sp³-hybridized carbons (Fsp3) is 0.556. The predicted octanol–water partition coefficient (Wildman–Crippen LogP) is 4.32. The summed E-state index contributed by atoms with van der Waals surface area (Å²) in [5, 5.41) is 0.572. The van der Waals surface area contributed by atoms with Gasteiger partial charge < -0.3 is 9.64 Å². The van der Waals surface area contributed by atoms with Gasteiger partial charge in [-0.25, -0.2) is 0 Å². The molecule has 0 spiro atoms. The molecule has 0 radical (unpaired) electrons. The van der Waals surface area contributed by atoms with Crippen LogP contribution in [-0.4, -0.2) is 37.0 Å². The van der Waals surface area contributed by atoms with Crippen molar-refractivity contribution in [3.8, 4) is 0 Å². The number of benzene rings is 1. The van der Waals surface area contributed by atoms with Gasteiger partial charge in [-0.05, 0) is 30.7 Å². The summed E-state index contributed by atoms with van der Waals surface area (Å²) < 4.78 is 5.17. The molecule has 0 unspecified atom stereocenters. The maximum Gasteiger partial charge on any atom is 0.325 e. The monoisotopic (exact) mass is 339 g/mol. The molecule has 23 heavy (non-hydrogen) atoms. The Kier molecular flexibility index (Phi) is 9.37. The highest BCUT2D eigenvalue weighted by Gasteiger charge is 2.15. The molecule has 0 aromatic heterocycles.